The Morgan fingerprint density at radius 3 is 2.22 bits per heavy atom. The Hall–Kier alpha value is -2.77. The van der Waals surface area contributed by atoms with Crippen LogP contribution >= 0.6 is 0 Å². The molecule has 0 heterocycles. The van der Waals surface area contributed by atoms with Crippen molar-refractivity contribution in [1.82, 2.24) is 16.0 Å². The molecule has 150 valence electrons. The predicted molar refractivity (Wildman–Crippen MR) is 102 cm³/mol. The maximum atomic E-state index is 12.3. The van der Waals surface area contributed by atoms with Crippen LogP contribution in [0.1, 0.15) is 38.1 Å². The Bertz CT molecular complexity index is 661. The van der Waals surface area contributed by atoms with Gasteiger partial charge in [-0.25, -0.2) is 0 Å². The topological polar surface area (TPSA) is 106 Å². The average molecular weight is 379 g/mol. The van der Waals surface area contributed by atoms with Gasteiger partial charge in [0.2, 0.25) is 11.8 Å². The van der Waals surface area contributed by atoms with Crippen LogP contribution in [0.4, 0.5) is 0 Å². The highest BCUT2D eigenvalue weighted by molar-refractivity contribution is 5.97. The van der Waals surface area contributed by atoms with Crippen molar-refractivity contribution in [1.29, 1.82) is 0 Å². The van der Waals surface area contributed by atoms with Gasteiger partial charge in [-0.05, 0) is 38.0 Å². The molecule has 0 fully saturated rings. The van der Waals surface area contributed by atoms with Crippen LogP contribution < -0.4 is 25.4 Å². The average Bonchev–Trinajstić information content (AvgIpc) is 2.65. The van der Waals surface area contributed by atoms with E-state index in [9.17, 15) is 14.4 Å². The van der Waals surface area contributed by atoms with Gasteiger partial charge in [-0.2, -0.15) is 0 Å². The number of hydrogen-bond donors (Lipinski definition) is 3. The summed E-state index contributed by atoms with van der Waals surface area (Å²) in [6, 6.07) is 4.17. The van der Waals surface area contributed by atoms with Crippen molar-refractivity contribution < 1.29 is 23.9 Å². The normalized spacial score (nSPS) is 11.5. The first kappa shape index (κ1) is 22.3. The number of rotatable bonds is 10. The second-order valence-corrected chi connectivity index (χ2v) is 6.11. The van der Waals surface area contributed by atoms with E-state index in [2.05, 4.69) is 16.0 Å². The van der Waals surface area contributed by atoms with Gasteiger partial charge in [0.15, 0.2) is 11.5 Å². The fourth-order valence-corrected chi connectivity index (χ4v) is 2.37. The minimum Gasteiger partial charge on any atom is -0.490 e. The number of ether oxygens (including phenoxy) is 2. The monoisotopic (exact) mass is 379 g/mol. The van der Waals surface area contributed by atoms with Gasteiger partial charge < -0.3 is 25.4 Å². The fraction of sp³-hybridized carbons (Fsp3) is 0.526. The van der Waals surface area contributed by atoms with Crippen molar-refractivity contribution in [3.8, 4) is 11.5 Å². The van der Waals surface area contributed by atoms with Crippen molar-refractivity contribution >= 4 is 17.7 Å². The third kappa shape index (κ3) is 6.80. The van der Waals surface area contributed by atoms with Crippen molar-refractivity contribution in [2.45, 2.75) is 33.7 Å². The van der Waals surface area contributed by atoms with Crippen LogP contribution in [-0.4, -0.2) is 50.6 Å². The molecule has 0 aliphatic carbocycles. The molecule has 0 radical (unpaired) electrons. The van der Waals surface area contributed by atoms with E-state index in [1.54, 1.807) is 18.2 Å². The molecule has 0 saturated carbocycles. The molecule has 3 N–H and O–H groups in total. The van der Waals surface area contributed by atoms with E-state index < -0.39 is 17.9 Å². The first-order chi connectivity index (χ1) is 12.8. The van der Waals surface area contributed by atoms with E-state index in [0.29, 0.717) is 30.3 Å². The molecule has 1 atom stereocenters. The molecule has 3 amide bonds. The zero-order valence-electron chi connectivity index (χ0n) is 16.5. The minimum absolute atomic E-state index is 0.0792. The molecular weight excluding hydrogens is 350 g/mol. The number of benzene rings is 1. The lowest BCUT2D eigenvalue weighted by Crippen LogP contribution is -2.51. The van der Waals surface area contributed by atoms with Gasteiger partial charge in [0.1, 0.15) is 6.04 Å². The smallest absolute Gasteiger partial charge is 0.251 e. The van der Waals surface area contributed by atoms with Crippen molar-refractivity contribution in [3.05, 3.63) is 23.8 Å². The lowest BCUT2D eigenvalue weighted by atomic mass is 10.0. The van der Waals surface area contributed by atoms with Gasteiger partial charge >= 0.3 is 0 Å². The SMILES string of the molecule is CCOc1ccc(C(=O)NCC(=O)N[C@@H](C(=O)NC)C(C)C)cc1OCC. The summed E-state index contributed by atoms with van der Waals surface area (Å²) in [4.78, 5) is 36.2. The molecule has 0 saturated heterocycles. The molecule has 1 aromatic carbocycles. The second-order valence-electron chi connectivity index (χ2n) is 6.11. The van der Waals surface area contributed by atoms with E-state index in [-0.39, 0.29) is 18.4 Å². The van der Waals surface area contributed by atoms with Gasteiger partial charge in [-0.1, -0.05) is 13.8 Å². The van der Waals surface area contributed by atoms with Gasteiger partial charge in [-0.3, -0.25) is 14.4 Å². The van der Waals surface area contributed by atoms with Crippen LogP contribution in [0.15, 0.2) is 18.2 Å². The van der Waals surface area contributed by atoms with Crippen LogP contribution in [-0.2, 0) is 9.59 Å². The summed E-state index contributed by atoms with van der Waals surface area (Å²) in [6.45, 7) is 8.03. The summed E-state index contributed by atoms with van der Waals surface area (Å²) < 4.78 is 11.0. The van der Waals surface area contributed by atoms with Crippen LogP contribution in [0.5, 0.6) is 11.5 Å². The first-order valence-electron chi connectivity index (χ1n) is 9.02. The highest BCUT2D eigenvalue weighted by Gasteiger charge is 2.23. The summed E-state index contributed by atoms with van der Waals surface area (Å²) in [5.74, 6) is -0.200. The van der Waals surface area contributed by atoms with E-state index in [4.69, 9.17) is 9.47 Å². The molecule has 0 aliphatic heterocycles. The molecular formula is C19H29N3O5. The van der Waals surface area contributed by atoms with Crippen molar-refractivity contribution in [2.75, 3.05) is 26.8 Å². The lowest BCUT2D eigenvalue weighted by Gasteiger charge is -2.20. The number of likely N-dealkylation sites (N-methyl/N-ethyl adjacent to an activating group) is 1. The van der Waals surface area contributed by atoms with E-state index >= 15 is 0 Å². The molecule has 1 aromatic rings. The molecule has 27 heavy (non-hydrogen) atoms. The number of nitrogens with one attached hydrogen (secondary N) is 3. The van der Waals surface area contributed by atoms with Gasteiger partial charge in [-0.15, -0.1) is 0 Å². The van der Waals surface area contributed by atoms with Crippen molar-refractivity contribution in [3.63, 3.8) is 0 Å². The maximum absolute atomic E-state index is 12.3. The molecule has 0 aromatic heterocycles. The molecule has 0 bridgehead atoms. The predicted octanol–water partition coefficient (Wildman–Crippen LogP) is 1.10. The Morgan fingerprint density at radius 1 is 1.04 bits per heavy atom. The highest BCUT2D eigenvalue weighted by atomic mass is 16.5. The van der Waals surface area contributed by atoms with E-state index in [1.807, 2.05) is 27.7 Å². The molecule has 8 nitrogen and oxygen atoms in total. The summed E-state index contributed by atoms with van der Waals surface area (Å²) >= 11 is 0. The zero-order valence-corrected chi connectivity index (χ0v) is 16.5. The Kier molecular flexibility index (Phi) is 9.12. The summed E-state index contributed by atoms with van der Waals surface area (Å²) in [5.41, 5.74) is 0.349. The van der Waals surface area contributed by atoms with Crippen molar-refractivity contribution in [2.24, 2.45) is 5.92 Å². The summed E-state index contributed by atoms with van der Waals surface area (Å²) in [6.07, 6.45) is 0. The third-order valence-corrected chi connectivity index (χ3v) is 3.73. The Balaban J connectivity index is 2.72. The summed E-state index contributed by atoms with van der Waals surface area (Å²) in [7, 11) is 1.51. The Labute approximate surface area is 160 Å². The molecule has 0 aliphatic rings. The minimum atomic E-state index is -0.658. The lowest BCUT2D eigenvalue weighted by molar-refractivity contribution is -0.129. The zero-order chi connectivity index (χ0) is 20.4. The third-order valence-electron chi connectivity index (χ3n) is 3.73. The molecule has 8 heteroatoms. The molecule has 0 unspecified atom stereocenters. The van der Waals surface area contributed by atoms with Gasteiger partial charge in [0.25, 0.3) is 5.91 Å². The number of amides is 3. The molecule has 1 rings (SSSR count). The summed E-state index contributed by atoms with van der Waals surface area (Å²) in [5, 5.41) is 7.67. The maximum Gasteiger partial charge on any atom is 0.251 e. The van der Waals surface area contributed by atoms with E-state index in [1.165, 1.54) is 7.05 Å². The van der Waals surface area contributed by atoms with Crippen LogP contribution in [0.2, 0.25) is 0 Å². The quantitative estimate of drug-likeness (QED) is 0.565. The van der Waals surface area contributed by atoms with Crippen LogP contribution in [0.25, 0.3) is 0 Å². The van der Waals surface area contributed by atoms with Crippen LogP contribution in [0.3, 0.4) is 0 Å². The number of carbonyl (C=O) groups is 3. The largest absolute Gasteiger partial charge is 0.490 e. The Morgan fingerprint density at radius 2 is 1.67 bits per heavy atom. The number of carbonyl (C=O) groups excluding carboxylic acids is 3. The van der Waals surface area contributed by atoms with E-state index in [0.717, 1.165) is 0 Å². The van der Waals surface area contributed by atoms with Gasteiger partial charge in [0.05, 0.1) is 19.8 Å². The highest BCUT2D eigenvalue weighted by Crippen LogP contribution is 2.28. The standard InChI is InChI=1S/C19H29N3O5/c1-6-26-14-9-8-13(10-15(14)27-7-2)18(24)21-11-16(23)22-17(12(3)4)19(25)20-5/h8-10,12,17H,6-7,11H2,1-5H3,(H,20,25)(H,21,24)(H,22,23)/t17-/m1/s1. The fourth-order valence-electron chi connectivity index (χ4n) is 2.37. The number of hydrogen-bond acceptors (Lipinski definition) is 5. The molecule has 0 spiro atoms. The van der Waals surface area contributed by atoms with Gasteiger partial charge in [0, 0.05) is 12.6 Å². The second kappa shape index (κ2) is 11.1. The first-order valence-corrected chi connectivity index (χ1v) is 9.02. The van der Waals surface area contributed by atoms with Crippen LogP contribution in [0, 0.1) is 5.92 Å².